The summed E-state index contributed by atoms with van der Waals surface area (Å²) in [6, 6.07) is 12.6. The zero-order valence-electron chi connectivity index (χ0n) is 10.6. The van der Waals surface area contributed by atoms with Gasteiger partial charge in [-0.1, -0.05) is 48.5 Å². The second-order valence-electron chi connectivity index (χ2n) is 4.67. The highest BCUT2D eigenvalue weighted by atomic mass is 32.2. The summed E-state index contributed by atoms with van der Waals surface area (Å²) in [5.74, 6) is 0. The van der Waals surface area contributed by atoms with E-state index in [4.69, 9.17) is 0 Å². The molecule has 0 aliphatic heterocycles. The van der Waals surface area contributed by atoms with Crippen LogP contribution < -0.4 is 4.72 Å². The van der Waals surface area contributed by atoms with Crippen molar-refractivity contribution in [1.82, 2.24) is 4.72 Å². The Morgan fingerprint density at radius 1 is 0.857 bits per heavy atom. The molecule has 0 atom stereocenters. The monoisotopic (exact) mass is 313 g/mol. The van der Waals surface area contributed by atoms with E-state index in [2.05, 4.69) is 0 Å². The fourth-order valence-electron chi connectivity index (χ4n) is 2.50. The lowest BCUT2D eigenvalue weighted by Crippen LogP contribution is -2.38. The first-order chi connectivity index (χ1) is 9.81. The molecule has 3 nitrogen and oxygen atoms in total. The first-order valence-electron chi connectivity index (χ1n) is 6.08. The van der Waals surface area contributed by atoms with Gasteiger partial charge in [0.05, 0.1) is 6.04 Å². The van der Waals surface area contributed by atoms with Gasteiger partial charge in [0.1, 0.15) is 0 Å². The van der Waals surface area contributed by atoms with Crippen LogP contribution in [0.15, 0.2) is 48.5 Å². The molecule has 2 aromatic carbocycles. The molecule has 1 aliphatic rings. The van der Waals surface area contributed by atoms with Crippen LogP contribution in [0.5, 0.6) is 0 Å². The average molecular weight is 313 g/mol. The van der Waals surface area contributed by atoms with Crippen molar-refractivity contribution in [3.05, 3.63) is 59.7 Å². The Balaban J connectivity index is 2.12. The van der Waals surface area contributed by atoms with Crippen LogP contribution in [0.3, 0.4) is 0 Å². The topological polar surface area (TPSA) is 46.2 Å². The number of nitrogens with one attached hydrogen (secondary N) is 1. The van der Waals surface area contributed by atoms with Gasteiger partial charge >= 0.3 is 15.5 Å². The Hall–Kier alpha value is -1.86. The lowest BCUT2D eigenvalue weighted by molar-refractivity contribution is -0.0449. The van der Waals surface area contributed by atoms with E-state index in [0.717, 1.165) is 11.1 Å². The average Bonchev–Trinajstić information content (AvgIpc) is 2.73. The molecular weight excluding hydrogens is 303 g/mol. The molecular formula is C14H10F3NO2S. The van der Waals surface area contributed by atoms with Crippen LogP contribution in [-0.4, -0.2) is 13.9 Å². The molecule has 110 valence electrons. The van der Waals surface area contributed by atoms with Gasteiger partial charge in [0, 0.05) is 0 Å². The number of halogens is 3. The molecule has 21 heavy (non-hydrogen) atoms. The summed E-state index contributed by atoms with van der Waals surface area (Å²) in [7, 11) is -5.42. The number of rotatable bonds is 2. The van der Waals surface area contributed by atoms with E-state index < -0.39 is 21.6 Å². The third-order valence-electron chi connectivity index (χ3n) is 3.41. The minimum Gasteiger partial charge on any atom is -0.203 e. The van der Waals surface area contributed by atoms with Gasteiger partial charge in [0.2, 0.25) is 0 Å². The molecule has 0 heterocycles. The predicted octanol–water partition coefficient (Wildman–Crippen LogP) is 3.20. The van der Waals surface area contributed by atoms with Crippen LogP contribution in [-0.2, 0) is 10.0 Å². The summed E-state index contributed by atoms with van der Waals surface area (Å²) in [6.07, 6.45) is 0. The van der Waals surface area contributed by atoms with Crippen molar-refractivity contribution in [2.24, 2.45) is 0 Å². The molecule has 1 aliphatic carbocycles. The van der Waals surface area contributed by atoms with Gasteiger partial charge in [-0.25, -0.2) is 8.42 Å². The third kappa shape index (κ3) is 2.22. The predicted molar refractivity (Wildman–Crippen MR) is 71.8 cm³/mol. The molecule has 2 aromatic rings. The van der Waals surface area contributed by atoms with Crippen molar-refractivity contribution in [1.29, 1.82) is 0 Å². The normalized spacial score (nSPS) is 14.8. The van der Waals surface area contributed by atoms with Gasteiger partial charge in [0.15, 0.2) is 0 Å². The van der Waals surface area contributed by atoms with Crippen LogP contribution in [0.1, 0.15) is 17.2 Å². The highest BCUT2D eigenvalue weighted by molar-refractivity contribution is 7.90. The van der Waals surface area contributed by atoms with Gasteiger partial charge < -0.3 is 0 Å². The lowest BCUT2D eigenvalue weighted by atomic mass is 10.1. The van der Waals surface area contributed by atoms with Gasteiger partial charge in [0.25, 0.3) is 0 Å². The Morgan fingerprint density at radius 3 is 1.71 bits per heavy atom. The molecule has 3 rings (SSSR count). The van der Waals surface area contributed by atoms with Crippen molar-refractivity contribution in [2.45, 2.75) is 11.6 Å². The molecule has 7 heteroatoms. The lowest BCUT2D eigenvalue weighted by Gasteiger charge is -2.17. The molecule has 1 N–H and O–H groups in total. The number of alkyl halides is 3. The largest absolute Gasteiger partial charge is 0.511 e. The Labute approximate surface area is 119 Å². The summed E-state index contributed by atoms with van der Waals surface area (Å²) in [5, 5.41) is 0. The summed E-state index contributed by atoms with van der Waals surface area (Å²) >= 11 is 0. The minimum absolute atomic E-state index is 0.520. The maximum absolute atomic E-state index is 12.6. The fraction of sp³-hybridized carbons (Fsp3) is 0.143. The molecule has 0 saturated heterocycles. The second kappa shape index (κ2) is 4.57. The van der Waals surface area contributed by atoms with Crippen LogP contribution >= 0.6 is 0 Å². The highest BCUT2D eigenvalue weighted by Crippen LogP contribution is 2.44. The molecule has 0 unspecified atom stereocenters. The molecule has 0 aromatic heterocycles. The third-order valence-corrected chi connectivity index (χ3v) is 4.57. The molecule has 0 fully saturated rings. The maximum Gasteiger partial charge on any atom is 0.511 e. The molecule has 0 amide bonds. The molecule has 0 spiro atoms. The van der Waals surface area contributed by atoms with E-state index in [1.54, 1.807) is 53.3 Å². The SMILES string of the molecule is O=S(=O)(NC1c2ccccc2-c2ccccc21)C(F)(F)F. The van der Waals surface area contributed by atoms with Crippen molar-refractivity contribution >= 4 is 10.0 Å². The van der Waals surface area contributed by atoms with Gasteiger partial charge in [-0.3, -0.25) is 0 Å². The zero-order chi connectivity index (χ0) is 15.3. The van der Waals surface area contributed by atoms with E-state index in [1.807, 2.05) is 0 Å². The molecule has 0 saturated carbocycles. The maximum atomic E-state index is 12.6. The van der Waals surface area contributed by atoms with Gasteiger partial charge in [-0.15, -0.1) is 0 Å². The number of sulfonamides is 1. The van der Waals surface area contributed by atoms with Crippen molar-refractivity contribution in [2.75, 3.05) is 0 Å². The Bertz CT molecular complexity index is 754. The molecule has 0 radical (unpaired) electrons. The fourth-order valence-corrected chi connectivity index (χ4v) is 3.20. The first kappa shape index (κ1) is 14.1. The van der Waals surface area contributed by atoms with Gasteiger partial charge in [-0.05, 0) is 22.3 Å². The van der Waals surface area contributed by atoms with Gasteiger partial charge in [-0.2, -0.15) is 17.9 Å². The standard InChI is InChI=1S/C14H10F3NO2S/c15-14(16,17)21(19,20)18-13-11-7-3-1-5-9(11)10-6-2-4-8-12(10)13/h1-8,13,18H. The quantitative estimate of drug-likeness (QED) is 0.925. The summed E-state index contributed by atoms with van der Waals surface area (Å²) in [4.78, 5) is 0. The second-order valence-corrected chi connectivity index (χ2v) is 6.38. The number of benzene rings is 2. The van der Waals surface area contributed by atoms with Crippen LogP contribution in [0.4, 0.5) is 13.2 Å². The van der Waals surface area contributed by atoms with Crippen LogP contribution in [0.25, 0.3) is 11.1 Å². The van der Waals surface area contributed by atoms with E-state index >= 15 is 0 Å². The van der Waals surface area contributed by atoms with Crippen LogP contribution in [0.2, 0.25) is 0 Å². The van der Waals surface area contributed by atoms with E-state index in [0.29, 0.717) is 11.1 Å². The van der Waals surface area contributed by atoms with Crippen LogP contribution in [0, 0.1) is 0 Å². The Kier molecular flexibility index (Phi) is 3.07. The summed E-state index contributed by atoms with van der Waals surface area (Å²) < 4.78 is 62.3. The van der Waals surface area contributed by atoms with Crippen molar-refractivity contribution < 1.29 is 21.6 Å². The summed E-state index contributed by atoms with van der Waals surface area (Å²) in [5.41, 5.74) is -2.82. The van der Waals surface area contributed by atoms with E-state index in [1.165, 1.54) is 0 Å². The number of hydrogen-bond acceptors (Lipinski definition) is 2. The van der Waals surface area contributed by atoms with Crippen molar-refractivity contribution in [3.8, 4) is 11.1 Å². The van der Waals surface area contributed by atoms with Crippen molar-refractivity contribution in [3.63, 3.8) is 0 Å². The van der Waals surface area contributed by atoms with E-state index in [9.17, 15) is 21.6 Å². The zero-order valence-corrected chi connectivity index (χ0v) is 11.4. The molecule has 0 bridgehead atoms. The smallest absolute Gasteiger partial charge is 0.203 e. The first-order valence-corrected chi connectivity index (χ1v) is 7.56. The minimum atomic E-state index is -5.42. The number of hydrogen-bond donors (Lipinski definition) is 1. The van der Waals surface area contributed by atoms with E-state index in [-0.39, 0.29) is 0 Å². The summed E-state index contributed by atoms with van der Waals surface area (Å²) in [6.45, 7) is 0. The highest BCUT2D eigenvalue weighted by Gasteiger charge is 2.48. The Morgan fingerprint density at radius 2 is 1.29 bits per heavy atom. The number of fused-ring (bicyclic) bond motifs is 3.